The summed E-state index contributed by atoms with van der Waals surface area (Å²) >= 11 is 1.15. The number of aromatic nitrogens is 1. The SMILES string of the molecule is COCCn1c(=O)/c(=C/c2ccc(OC)cc2)s/c1=C(/C#N)C(=O)C(C)(C)C. The Balaban J connectivity index is 2.76. The van der Waals surface area contributed by atoms with Gasteiger partial charge in [-0.2, -0.15) is 5.26 Å². The van der Waals surface area contributed by atoms with Crippen molar-refractivity contribution in [2.45, 2.75) is 27.3 Å². The van der Waals surface area contributed by atoms with Gasteiger partial charge in [0.2, 0.25) is 0 Å². The van der Waals surface area contributed by atoms with Crippen molar-refractivity contribution in [3.63, 3.8) is 0 Å². The van der Waals surface area contributed by atoms with Gasteiger partial charge in [0.1, 0.15) is 22.1 Å². The Bertz CT molecular complexity index is 1060. The quantitative estimate of drug-likeness (QED) is 0.737. The number of ketones is 1. The number of thiazole rings is 1. The van der Waals surface area contributed by atoms with Crippen LogP contribution in [0.5, 0.6) is 5.75 Å². The average Bonchev–Trinajstić information content (AvgIpc) is 2.96. The van der Waals surface area contributed by atoms with Gasteiger partial charge in [-0.3, -0.25) is 14.2 Å². The van der Waals surface area contributed by atoms with Crippen LogP contribution in [-0.4, -0.2) is 31.2 Å². The third-order valence-electron chi connectivity index (χ3n) is 4.07. The van der Waals surface area contributed by atoms with Gasteiger partial charge in [0.15, 0.2) is 5.78 Å². The summed E-state index contributed by atoms with van der Waals surface area (Å²) in [5.41, 5.74) is -0.149. The molecular weight excluding hydrogens is 376 g/mol. The molecule has 0 aliphatic carbocycles. The van der Waals surface area contributed by atoms with E-state index in [0.29, 0.717) is 15.8 Å². The third-order valence-corrected chi connectivity index (χ3v) is 5.20. The maximum atomic E-state index is 12.9. The van der Waals surface area contributed by atoms with Gasteiger partial charge < -0.3 is 9.47 Å². The first kappa shape index (κ1) is 21.6. The van der Waals surface area contributed by atoms with Gasteiger partial charge in [-0.25, -0.2) is 0 Å². The summed E-state index contributed by atoms with van der Waals surface area (Å²) in [6, 6.07) is 9.30. The number of benzene rings is 1. The molecule has 6 nitrogen and oxygen atoms in total. The van der Waals surface area contributed by atoms with Crippen LogP contribution in [0.1, 0.15) is 26.3 Å². The topological polar surface area (TPSA) is 81.3 Å². The van der Waals surface area contributed by atoms with E-state index in [4.69, 9.17) is 9.47 Å². The van der Waals surface area contributed by atoms with Gasteiger partial charge >= 0.3 is 0 Å². The molecule has 1 heterocycles. The van der Waals surface area contributed by atoms with Crippen LogP contribution in [0.4, 0.5) is 0 Å². The lowest BCUT2D eigenvalue weighted by molar-refractivity contribution is -0.120. The molecule has 0 atom stereocenters. The highest BCUT2D eigenvalue weighted by Gasteiger charge is 2.27. The van der Waals surface area contributed by atoms with Crippen molar-refractivity contribution in [3.8, 4) is 11.8 Å². The van der Waals surface area contributed by atoms with E-state index >= 15 is 0 Å². The van der Waals surface area contributed by atoms with E-state index in [2.05, 4.69) is 0 Å². The number of methoxy groups -OCH3 is 2. The number of nitrogens with zero attached hydrogens (tertiary/aromatic N) is 2. The number of hydrogen-bond donors (Lipinski definition) is 0. The molecule has 7 heteroatoms. The zero-order valence-corrected chi connectivity index (χ0v) is 17.6. The molecular formula is C21H24N2O4S. The highest BCUT2D eigenvalue weighted by Crippen LogP contribution is 2.19. The first-order valence-electron chi connectivity index (χ1n) is 8.76. The number of nitriles is 1. The average molecular weight is 401 g/mol. The highest BCUT2D eigenvalue weighted by atomic mass is 32.1. The Morgan fingerprint density at radius 1 is 1.25 bits per heavy atom. The molecule has 0 amide bonds. The maximum absolute atomic E-state index is 12.9. The zero-order valence-electron chi connectivity index (χ0n) is 16.7. The lowest BCUT2D eigenvalue weighted by Gasteiger charge is -2.15. The Kier molecular flexibility index (Phi) is 6.95. The highest BCUT2D eigenvalue weighted by molar-refractivity contribution is 7.07. The predicted molar refractivity (Wildman–Crippen MR) is 110 cm³/mol. The van der Waals surface area contributed by atoms with E-state index < -0.39 is 5.41 Å². The molecule has 1 aromatic heterocycles. The maximum Gasteiger partial charge on any atom is 0.269 e. The fraction of sp³-hybridized carbons (Fsp3) is 0.381. The summed E-state index contributed by atoms with van der Waals surface area (Å²) in [4.78, 5) is 25.7. The van der Waals surface area contributed by atoms with Crippen LogP contribution >= 0.6 is 11.3 Å². The molecule has 0 unspecified atom stereocenters. The van der Waals surface area contributed by atoms with Gasteiger partial charge in [0.25, 0.3) is 5.56 Å². The van der Waals surface area contributed by atoms with E-state index in [1.165, 1.54) is 11.7 Å². The lowest BCUT2D eigenvalue weighted by atomic mass is 9.87. The fourth-order valence-corrected chi connectivity index (χ4v) is 3.64. The van der Waals surface area contributed by atoms with Crippen molar-refractivity contribution in [1.29, 1.82) is 5.26 Å². The number of hydrogen-bond acceptors (Lipinski definition) is 6. The van der Waals surface area contributed by atoms with Gasteiger partial charge in [-0.05, 0) is 23.8 Å². The largest absolute Gasteiger partial charge is 0.497 e. The molecule has 0 fully saturated rings. The molecule has 0 saturated carbocycles. The summed E-state index contributed by atoms with van der Waals surface area (Å²) in [6.45, 7) is 5.82. The van der Waals surface area contributed by atoms with Crippen LogP contribution in [0.3, 0.4) is 0 Å². The zero-order chi connectivity index (χ0) is 20.9. The van der Waals surface area contributed by atoms with Crippen molar-refractivity contribution in [3.05, 3.63) is 49.4 Å². The fourth-order valence-electron chi connectivity index (χ4n) is 2.51. The molecule has 28 heavy (non-hydrogen) atoms. The van der Waals surface area contributed by atoms with E-state index in [1.54, 1.807) is 46.1 Å². The van der Waals surface area contributed by atoms with Gasteiger partial charge in [0, 0.05) is 12.5 Å². The van der Waals surface area contributed by atoms with Crippen LogP contribution in [0.2, 0.25) is 0 Å². The van der Waals surface area contributed by atoms with E-state index in [0.717, 1.165) is 22.6 Å². The number of rotatable bonds is 6. The molecule has 0 spiro atoms. The summed E-state index contributed by atoms with van der Waals surface area (Å²) in [5, 5.41) is 9.64. The monoisotopic (exact) mass is 400 g/mol. The molecule has 2 aromatic rings. The van der Waals surface area contributed by atoms with Crippen molar-refractivity contribution in [2.75, 3.05) is 20.8 Å². The molecule has 2 rings (SSSR count). The van der Waals surface area contributed by atoms with Crippen molar-refractivity contribution < 1.29 is 14.3 Å². The van der Waals surface area contributed by atoms with Gasteiger partial charge in [0.05, 0.1) is 24.8 Å². The number of Topliss-reactive ketones (excluding diaryl/α,β-unsaturated/α-hetero) is 1. The lowest BCUT2D eigenvalue weighted by Crippen LogP contribution is -2.35. The van der Waals surface area contributed by atoms with Crippen LogP contribution in [0.25, 0.3) is 11.6 Å². The summed E-state index contributed by atoms with van der Waals surface area (Å²) in [6.07, 6.45) is 1.75. The minimum Gasteiger partial charge on any atom is -0.497 e. The molecule has 0 radical (unpaired) electrons. The summed E-state index contributed by atoms with van der Waals surface area (Å²) in [7, 11) is 3.13. The number of carbonyl (C=O) groups excluding carboxylic acids is 1. The molecule has 0 aliphatic rings. The molecule has 0 N–H and O–H groups in total. The van der Waals surface area contributed by atoms with Crippen molar-refractivity contribution in [2.24, 2.45) is 5.41 Å². The van der Waals surface area contributed by atoms with Crippen LogP contribution in [0.15, 0.2) is 29.1 Å². The van der Waals surface area contributed by atoms with E-state index in [1.807, 2.05) is 18.2 Å². The Morgan fingerprint density at radius 2 is 1.89 bits per heavy atom. The molecule has 0 saturated heterocycles. The second kappa shape index (κ2) is 9.00. The Morgan fingerprint density at radius 3 is 2.39 bits per heavy atom. The molecule has 1 aromatic carbocycles. The standard InChI is InChI=1S/C21H24N2O4S/c1-21(2,3)18(24)16(13-22)20-23(10-11-26-4)19(25)17(28-20)12-14-6-8-15(27-5)9-7-14/h6-9,12H,10-11H2,1-5H3/b17-12-,20-16-. The molecule has 0 aliphatic heterocycles. The second-order valence-electron chi connectivity index (χ2n) is 7.20. The summed E-state index contributed by atoms with van der Waals surface area (Å²) < 4.78 is 12.5. The predicted octanol–water partition coefficient (Wildman–Crippen LogP) is 1.68. The summed E-state index contributed by atoms with van der Waals surface area (Å²) in [5.74, 6) is 0.427. The minimum absolute atomic E-state index is 0.0000778. The minimum atomic E-state index is -0.725. The van der Waals surface area contributed by atoms with Gasteiger partial charge in [-0.15, -0.1) is 11.3 Å². The van der Waals surface area contributed by atoms with Crippen LogP contribution in [-0.2, 0) is 16.1 Å². The van der Waals surface area contributed by atoms with E-state index in [-0.39, 0.29) is 23.5 Å². The van der Waals surface area contributed by atoms with Crippen molar-refractivity contribution in [1.82, 2.24) is 4.57 Å². The first-order valence-corrected chi connectivity index (χ1v) is 9.58. The Hall–Kier alpha value is -2.69. The van der Waals surface area contributed by atoms with Gasteiger partial charge in [-0.1, -0.05) is 32.9 Å². The van der Waals surface area contributed by atoms with E-state index in [9.17, 15) is 14.9 Å². The Labute approximate surface area is 168 Å². The van der Waals surface area contributed by atoms with Crippen LogP contribution < -0.4 is 19.5 Å². The molecule has 148 valence electrons. The second-order valence-corrected chi connectivity index (χ2v) is 8.24. The number of carbonyl (C=O) groups is 1. The van der Waals surface area contributed by atoms with Crippen LogP contribution in [0, 0.1) is 16.7 Å². The van der Waals surface area contributed by atoms with Crippen molar-refractivity contribution >= 4 is 28.8 Å². The molecule has 0 bridgehead atoms. The first-order chi connectivity index (χ1) is 13.2. The smallest absolute Gasteiger partial charge is 0.269 e. The third kappa shape index (κ3) is 4.77. The normalized spacial score (nSPS) is 13.2. The number of ether oxygens (including phenoxy) is 2.